The maximum atomic E-state index is 13.4. The van der Waals surface area contributed by atoms with Crippen molar-refractivity contribution in [3.8, 4) is 0 Å². The molecule has 5 nitrogen and oxygen atoms in total. The zero-order chi connectivity index (χ0) is 22.7. The van der Waals surface area contributed by atoms with Gasteiger partial charge in [0.1, 0.15) is 0 Å². The monoisotopic (exact) mass is 426 g/mol. The number of hydrogen-bond acceptors (Lipinski definition) is 3. The van der Waals surface area contributed by atoms with Crippen LogP contribution >= 0.6 is 0 Å². The Morgan fingerprint density at radius 1 is 0.844 bits per heavy atom. The molecule has 3 aromatic carbocycles. The van der Waals surface area contributed by atoms with Crippen molar-refractivity contribution in [1.29, 1.82) is 0 Å². The summed E-state index contributed by atoms with van der Waals surface area (Å²) < 4.78 is 2.99. The molecule has 5 heteroatoms. The van der Waals surface area contributed by atoms with Gasteiger partial charge in [-0.15, -0.1) is 0 Å². The number of carbonyl (C=O) groups excluding carboxylic acids is 1. The molecular formula is C27H26N2O3. The molecule has 0 atom stereocenters. The summed E-state index contributed by atoms with van der Waals surface area (Å²) in [5.41, 5.74) is 3.66. The van der Waals surface area contributed by atoms with Gasteiger partial charge < -0.3 is 0 Å². The summed E-state index contributed by atoms with van der Waals surface area (Å²) in [6, 6.07) is 22.7. The lowest BCUT2D eigenvalue weighted by Gasteiger charge is -2.15. The fraction of sp³-hybridized carbons (Fsp3) is 0.222. The summed E-state index contributed by atoms with van der Waals surface area (Å²) in [6.07, 6.45) is 1.05. The lowest BCUT2D eigenvalue weighted by Crippen LogP contribution is -2.40. The van der Waals surface area contributed by atoms with Gasteiger partial charge in [-0.3, -0.25) is 18.7 Å². The third-order valence-corrected chi connectivity index (χ3v) is 5.79. The van der Waals surface area contributed by atoms with Crippen LogP contribution in [0.25, 0.3) is 10.9 Å². The van der Waals surface area contributed by atoms with E-state index in [4.69, 9.17) is 0 Å². The van der Waals surface area contributed by atoms with Crippen LogP contribution in [0.1, 0.15) is 40.4 Å². The Morgan fingerprint density at radius 2 is 1.56 bits per heavy atom. The van der Waals surface area contributed by atoms with E-state index in [9.17, 15) is 14.4 Å². The van der Waals surface area contributed by atoms with Crippen LogP contribution < -0.4 is 11.2 Å². The molecule has 1 heterocycles. The van der Waals surface area contributed by atoms with Crippen molar-refractivity contribution in [2.45, 2.75) is 39.8 Å². The fourth-order valence-electron chi connectivity index (χ4n) is 3.95. The first-order valence-corrected chi connectivity index (χ1v) is 10.9. The number of benzene rings is 3. The van der Waals surface area contributed by atoms with E-state index in [1.807, 2.05) is 68.4 Å². The SMILES string of the molecule is CCC(=O)c1ccc(Cn2c(=O)n(CCc3ccccc3)c(=O)c3ccc(C)cc32)cc1. The van der Waals surface area contributed by atoms with E-state index in [2.05, 4.69) is 0 Å². The van der Waals surface area contributed by atoms with E-state index in [1.54, 1.807) is 22.8 Å². The van der Waals surface area contributed by atoms with Crippen molar-refractivity contribution in [2.24, 2.45) is 0 Å². The number of carbonyl (C=O) groups is 1. The smallest absolute Gasteiger partial charge is 0.294 e. The maximum absolute atomic E-state index is 13.4. The zero-order valence-corrected chi connectivity index (χ0v) is 18.4. The number of rotatable bonds is 7. The highest BCUT2D eigenvalue weighted by atomic mass is 16.2. The average Bonchev–Trinajstić information content (AvgIpc) is 2.82. The second kappa shape index (κ2) is 9.18. The first-order chi connectivity index (χ1) is 15.5. The minimum Gasteiger partial charge on any atom is -0.294 e. The van der Waals surface area contributed by atoms with E-state index in [0.717, 1.165) is 16.7 Å². The van der Waals surface area contributed by atoms with Gasteiger partial charge in [0.25, 0.3) is 5.56 Å². The average molecular weight is 427 g/mol. The normalized spacial score (nSPS) is 11.1. The number of aryl methyl sites for hydroxylation is 2. The van der Waals surface area contributed by atoms with Crippen LogP contribution in [0.15, 0.2) is 82.4 Å². The van der Waals surface area contributed by atoms with Gasteiger partial charge in [-0.25, -0.2) is 4.79 Å². The summed E-state index contributed by atoms with van der Waals surface area (Å²) in [6.45, 7) is 4.42. The predicted octanol–water partition coefficient (Wildman–Crippen LogP) is 4.36. The molecule has 0 saturated heterocycles. The number of ketones is 1. The van der Waals surface area contributed by atoms with Crippen molar-refractivity contribution in [3.05, 3.63) is 116 Å². The first kappa shape index (κ1) is 21.5. The van der Waals surface area contributed by atoms with E-state index in [0.29, 0.717) is 42.4 Å². The second-order valence-corrected chi connectivity index (χ2v) is 8.06. The molecule has 1 aromatic heterocycles. The van der Waals surface area contributed by atoms with Crippen LogP contribution in [0.3, 0.4) is 0 Å². The van der Waals surface area contributed by atoms with Gasteiger partial charge in [-0.2, -0.15) is 0 Å². The quantitative estimate of drug-likeness (QED) is 0.413. The predicted molar refractivity (Wildman–Crippen MR) is 128 cm³/mol. The Hall–Kier alpha value is -3.73. The van der Waals surface area contributed by atoms with E-state index in [-0.39, 0.29) is 17.0 Å². The van der Waals surface area contributed by atoms with Gasteiger partial charge in [0.15, 0.2) is 5.78 Å². The summed E-state index contributed by atoms with van der Waals surface area (Å²) >= 11 is 0. The fourth-order valence-corrected chi connectivity index (χ4v) is 3.95. The van der Waals surface area contributed by atoms with Gasteiger partial charge >= 0.3 is 5.69 Å². The van der Waals surface area contributed by atoms with E-state index < -0.39 is 0 Å². The molecular weight excluding hydrogens is 400 g/mol. The Bertz CT molecular complexity index is 1380. The minimum absolute atomic E-state index is 0.0873. The number of Topliss-reactive ketones (excluding diaryl/α,β-unsaturated/α-hetero) is 1. The number of hydrogen-bond donors (Lipinski definition) is 0. The van der Waals surface area contributed by atoms with Crippen molar-refractivity contribution >= 4 is 16.7 Å². The molecule has 0 spiro atoms. The zero-order valence-electron chi connectivity index (χ0n) is 18.4. The topological polar surface area (TPSA) is 61.1 Å². The minimum atomic E-state index is -0.322. The number of nitrogens with zero attached hydrogens (tertiary/aromatic N) is 2. The molecule has 0 aliphatic rings. The first-order valence-electron chi connectivity index (χ1n) is 10.9. The van der Waals surface area contributed by atoms with Crippen molar-refractivity contribution in [2.75, 3.05) is 0 Å². The molecule has 0 fully saturated rings. The van der Waals surface area contributed by atoms with E-state index in [1.165, 1.54) is 4.57 Å². The second-order valence-electron chi connectivity index (χ2n) is 8.06. The highest BCUT2D eigenvalue weighted by molar-refractivity contribution is 5.95. The molecule has 0 N–H and O–H groups in total. The molecule has 0 unspecified atom stereocenters. The molecule has 0 aliphatic carbocycles. The van der Waals surface area contributed by atoms with Gasteiger partial charge in [-0.05, 0) is 42.2 Å². The van der Waals surface area contributed by atoms with Crippen LogP contribution in [-0.2, 0) is 19.5 Å². The summed E-state index contributed by atoms with van der Waals surface area (Å²) in [5, 5.41) is 0.529. The van der Waals surface area contributed by atoms with Crippen LogP contribution in [0.4, 0.5) is 0 Å². The van der Waals surface area contributed by atoms with Gasteiger partial charge in [0.05, 0.1) is 17.4 Å². The molecule has 0 radical (unpaired) electrons. The molecule has 0 amide bonds. The highest BCUT2D eigenvalue weighted by Gasteiger charge is 2.14. The number of fused-ring (bicyclic) bond motifs is 1. The van der Waals surface area contributed by atoms with Crippen LogP contribution in [0, 0.1) is 6.92 Å². The van der Waals surface area contributed by atoms with Gasteiger partial charge in [-0.1, -0.05) is 67.6 Å². The molecule has 4 aromatic rings. The third kappa shape index (κ3) is 4.33. The molecule has 162 valence electrons. The Balaban J connectivity index is 1.78. The van der Waals surface area contributed by atoms with Crippen molar-refractivity contribution in [3.63, 3.8) is 0 Å². The Kier molecular flexibility index (Phi) is 6.17. The van der Waals surface area contributed by atoms with E-state index >= 15 is 0 Å². The summed E-state index contributed by atoms with van der Waals surface area (Å²) in [4.78, 5) is 38.5. The van der Waals surface area contributed by atoms with Gasteiger partial charge in [0, 0.05) is 18.5 Å². The summed E-state index contributed by atoms with van der Waals surface area (Å²) in [5.74, 6) is 0.0873. The highest BCUT2D eigenvalue weighted by Crippen LogP contribution is 2.14. The van der Waals surface area contributed by atoms with Crippen molar-refractivity contribution < 1.29 is 4.79 Å². The summed E-state index contributed by atoms with van der Waals surface area (Å²) in [7, 11) is 0. The largest absolute Gasteiger partial charge is 0.331 e. The molecule has 0 aliphatic heterocycles. The van der Waals surface area contributed by atoms with Crippen molar-refractivity contribution in [1.82, 2.24) is 9.13 Å². The van der Waals surface area contributed by atoms with Gasteiger partial charge in [0.2, 0.25) is 0 Å². The Labute approximate surface area is 186 Å². The molecule has 0 saturated carbocycles. The molecule has 32 heavy (non-hydrogen) atoms. The molecule has 4 rings (SSSR count). The third-order valence-electron chi connectivity index (χ3n) is 5.79. The molecule has 0 bridgehead atoms. The lowest BCUT2D eigenvalue weighted by atomic mass is 10.1. The van der Waals surface area contributed by atoms with Crippen LogP contribution in [0.5, 0.6) is 0 Å². The number of aromatic nitrogens is 2. The maximum Gasteiger partial charge on any atom is 0.331 e. The standard InChI is InChI=1S/C27H26N2O3/c1-3-25(30)22-12-10-21(11-13-22)18-29-24-17-19(2)9-14-23(24)26(31)28(27(29)32)16-15-20-7-5-4-6-8-20/h4-14,17H,3,15-16,18H2,1-2H3. The Morgan fingerprint density at radius 3 is 2.25 bits per heavy atom. The van der Waals surface area contributed by atoms with Crippen LogP contribution in [-0.4, -0.2) is 14.9 Å². The van der Waals surface area contributed by atoms with Crippen LogP contribution in [0.2, 0.25) is 0 Å². The lowest BCUT2D eigenvalue weighted by molar-refractivity contribution is 0.0988.